The number of hydrogen-bond donors (Lipinski definition) is 2. The molecule has 12 heavy (non-hydrogen) atoms. The van der Waals surface area contributed by atoms with Gasteiger partial charge in [-0.15, -0.1) is 6.58 Å². The van der Waals surface area contributed by atoms with Crippen molar-refractivity contribution in [1.82, 2.24) is 0 Å². The van der Waals surface area contributed by atoms with Crippen LogP contribution in [0.25, 0.3) is 0 Å². The fraction of sp³-hybridized carbons (Fsp3) is 0.500. The maximum atomic E-state index is 10.5. The average molecular weight is 190 g/mol. The first-order valence-electron chi connectivity index (χ1n) is 3.69. The second-order valence-electron chi connectivity index (χ2n) is 3.02. The first-order valence-corrected chi connectivity index (χ1v) is 5.37. The molecule has 0 aromatic heterocycles. The molecule has 0 bridgehead atoms. The highest BCUT2D eigenvalue weighted by Gasteiger charge is 2.07. The van der Waals surface area contributed by atoms with Gasteiger partial charge in [0.2, 0.25) is 0 Å². The van der Waals surface area contributed by atoms with Gasteiger partial charge in [0.1, 0.15) is 0 Å². The summed E-state index contributed by atoms with van der Waals surface area (Å²) >= 11 is 0. The van der Waals surface area contributed by atoms with Crippen molar-refractivity contribution in [2.45, 2.75) is 26.7 Å². The highest BCUT2D eigenvalue weighted by atomic mass is 31.2. The molecule has 0 fully saturated rings. The van der Waals surface area contributed by atoms with Crippen LogP contribution in [-0.4, -0.2) is 9.79 Å². The lowest BCUT2D eigenvalue weighted by Gasteiger charge is -2.01. The molecule has 0 aromatic rings. The Hall–Kier alpha value is -0.370. The van der Waals surface area contributed by atoms with Crippen molar-refractivity contribution in [1.29, 1.82) is 0 Å². The molecular formula is C8H15O3P. The van der Waals surface area contributed by atoms with Crippen LogP contribution < -0.4 is 0 Å². The number of allylic oxidation sites excluding steroid dienone is 2. The number of rotatable bonds is 4. The predicted molar refractivity (Wildman–Crippen MR) is 49.8 cm³/mol. The normalized spacial score (nSPS) is 13.2. The minimum absolute atomic E-state index is 0.667. The van der Waals surface area contributed by atoms with Gasteiger partial charge in [-0.3, -0.25) is 4.57 Å². The van der Waals surface area contributed by atoms with Crippen LogP contribution in [0, 0.1) is 0 Å². The molecule has 0 saturated heterocycles. The fourth-order valence-electron chi connectivity index (χ4n) is 0.762. The van der Waals surface area contributed by atoms with E-state index in [1.807, 2.05) is 6.92 Å². The summed E-state index contributed by atoms with van der Waals surface area (Å²) in [5.41, 5.74) is 1.74. The highest BCUT2D eigenvalue weighted by molar-refractivity contribution is 7.55. The van der Waals surface area contributed by atoms with Crippen LogP contribution in [0.1, 0.15) is 26.7 Å². The van der Waals surface area contributed by atoms with Gasteiger partial charge >= 0.3 is 7.60 Å². The quantitative estimate of drug-likeness (QED) is 0.528. The van der Waals surface area contributed by atoms with Crippen LogP contribution in [0.2, 0.25) is 0 Å². The van der Waals surface area contributed by atoms with Crippen LogP contribution >= 0.6 is 7.60 Å². The van der Waals surface area contributed by atoms with Crippen molar-refractivity contribution in [2.24, 2.45) is 0 Å². The smallest absolute Gasteiger partial charge is 0.321 e. The second kappa shape index (κ2) is 4.61. The summed E-state index contributed by atoms with van der Waals surface area (Å²) in [5.74, 6) is 1.01. The zero-order valence-corrected chi connectivity index (χ0v) is 8.34. The van der Waals surface area contributed by atoms with E-state index in [4.69, 9.17) is 9.79 Å². The standard InChI is InChI=1S/C8H15O3P/c1-7(2)4-5-8(3)6-12(9,10)11/h6H,1,4-5H2,2-3H3,(H2,9,10,11). The van der Waals surface area contributed by atoms with Gasteiger partial charge in [0.05, 0.1) is 0 Å². The molecule has 0 radical (unpaired) electrons. The summed E-state index contributed by atoms with van der Waals surface area (Å²) in [5, 5.41) is 0. The Morgan fingerprint density at radius 2 is 1.92 bits per heavy atom. The van der Waals surface area contributed by atoms with Crippen molar-refractivity contribution >= 4 is 7.60 Å². The van der Waals surface area contributed by atoms with E-state index in [0.717, 1.165) is 17.8 Å². The zero-order valence-electron chi connectivity index (χ0n) is 7.45. The lowest BCUT2D eigenvalue weighted by atomic mass is 10.1. The monoisotopic (exact) mass is 190 g/mol. The molecule has 0 aromatic carbocycles. The van der Waals surface area contributed by atoms with Crippen LogP contribution in [0.15, 0.2) is 23.5 Å². The number of hydrogen-bond acceptors (Lipinski definition) is 1. The van der Waals surface area contributed by atoms with E-state index in [-0.39, 0.29) is 0 Å². The Bertz CT molecular complexity index is 237. The lowest BCUT2D eigenvalue weighted by Crippen LogP contribution is -1.80. The molecule has 2 N–H and O–H groups in total. The van der Waals surface area contributed by atoms with E-state index >= 15 is 0 Å². The van der Waals surface area contributed by atoms with Crippen LogP contribution in [0.3, 0.4) is 0 Å². The van der Waals surface area contributed by atoms with E-state index in [1.54, 1.807) is 6.92 Å². The molecule has 0 spiro atoms. The molecule has 0 heterocycles. The minimum Gasteiger partial charge on any atom is -0.321 e. The molecule has 4 heteroatoms. The van der Waals surface area contributed by atoms with Crippen molar-refractivity contribution < 1.29 is 14.4 Å². The van der Waals surface area contributed by atoms with E-state index in [2.05, 4.69) is 6.58 Å². The van der Waals surface area contributed by atoms with Gasteiger partial charge in [0.25, 0.3) is 0 Å². The maximum Gasteiger partial charge on any atom is 0.349 e. The van der Waals surface area contributed by atoms with Gasteiger partial charge in [0, 0.05) is 5.82 Å². The van der Waals surface area contributed by atoms with Gasteiger partial charge in [-0.25, -0.2) is 0 Å². The van der Waals surface area contributed by atoms with Crippen LogP contribution in [0.5, 0.6) is 0 Å². The first-order chi connectivity index (χ1) is 5.31. The van der Waals surface area contributed by atoms with E-state index < -0.39 is 7.60 Å². The third-order valence-corrected chi connectivity index (χ3v) is 2.11. The second-order valence-corrected chi connectivity index (χ2v) is 4.46. The Kier molecular flexibility index (Phi) is 4.46. The molecule has 0 atom stereocenters. The molecule has 0 rings (SSSR count). The highest BCUT2D eigenvalue weighted by Crippen LogP contribution is 2.38. The molecule has 70 valence electrons. The third kappa shape index (κ3) is 7.73. The van der Waals surface area contributed by atoms with Crippen molar-refractivity contribution in [3.63, 3.8) is 0 Å². The molecular weight excluding hydrogens is 175 g/mol. The van der Waals surface area contributed by atoms with Gasteiger partial charge in [-0.05, 0) is 26.7 Å². The summed E-state index contributed by atoms with van der Waals surface area (Å²) in [7, 11) is -3.97. The SMILES string of the molecule is C=C(C)CCC(C)=CP(=O)(O)O. The largest absolute Gasteiger partial charge is 0.349 e. The van der Waals surface area contributed by atoms with Crippen LogP contribution in [-0.2, 0) is 4.57 Å². The Labute approximate surface area is 73.0 Å². The topological polar surface area (TPSA) is 57.5 Å². The molecule has 0 aliphatic carbocycles. The average Bonchev–Trinajstić information content (AvgIpc) is 1.79. The predicted octanol–water partition coefficient (Wildman–Crippen LogP) is 2.42. The zero-order chi connectivity index (χ0) is 9.78. The summed E-state index contributed by atoms with van der Waals surface area (Å²) in [4.78, 5) is 17.1. The minimum atomic E-state index is -3.97. The third-order valence-electron chi connectivity index (χ3n) is 1.33. The molecule has 0 amide bonds. The van der Waals surface area contributed by atoms with Gasteiger partial charge in [0.15, 0.2) is 0 Å². The molecule has 0 saturated carbocycles. The summed E-state index contributed by atoms with van der Waals surface area (Å²) < 4.78 is 10.5. The van der Waals surface area contributed by atoms with Crippen LogP contribution in [0.4, 0.5) is 0 Å². The molecule has 0 unspecified atom stereocenters. The fourth-order valence-corrected chi connectivity index (χ4v) is 1.47. The van der Waals surface area contributed by atoms with E-state index in [1.165, 1.54) is 0 Å². The van der Waals surface area contributed by atoms with E-state index in [9.17, 15) is 4.57 Å². The Balaban J connectivity index is 4.04. The summed E-state index contributed by atoms with van der Waals surface area (Å²) in [6.45, 7) is 7.31. The molecule has 0 aliphatic rings. The van der Waals surface area contributed by atoms with Gasteiger partial charge in [-0.1, -0.05) is 11.1 Å². The van der Waals surface area contributed by atoms with Crippen molar-refractivity contribution in [2.75, 3.05) is 0 Å². The summed E-state index contributed by atoms with van der Waals surface area (Å²) in [6.07, 6.45) is 1.45. The summed E-state index contributed by atoms with van der Waals surface area (Å²) in [6, 6.07) is 0. The lowest BCUT2D eigenvalue weighted by molar-refractivity contribution is 0.385. The van der Waals surface area contributed by atoms with Crippen molar-refractivity contribution in [3.8, 4) is 0 Å². The Morgan fingerprint density at radius 1 is 1.42 bits per heavy atom. The maximum absolute atomic E-state index is 10.5. The Morgan fingerprint density at radius 3 is 2.25 bits per heavy atom. The molecule has 3 nitrogen and oxygen atoms in total. The first kappa shape index (κ1) is 11.6. The van der Waals surface area contributed by atoms with Gasteiger partial charge < -0.3 is 9.79 Å². The van der Waals surface area contributed by atoms with Gasteiger partial charge in [-0.2, -0.15) is 0 Å². The molecule has 0 aliphatic heterocycles. The van der Waals surface area contributed by atoms with Crippen molar-refractivity contribution in [3.05, 3.63) is 23.5 Å². The van der Waals surface area contributed by atoms with E-state index in [0.29, 0.717) is 12.0 Å².